The Morgan fingerprint density at radius 3 is 2.91 bits per heavy atom. The highest BCUT2D eigenvalue weighted by molar-refractivity contribution is 7.20. The Bertz CT molecular complexity index is 659. The smallest absolute Gasteiger partial charge is 0.410 e. The number of thiazole rings is 1. The summed E-state index contributed by atoms with van der Waals surface area (Å²) < 4.78 is 12.4. The van der Waals surface area contributed by atoms with Gasteiger partial charge in [0.2, 0.25) is 0 Å². The van der Waals surface area contributed by atoms with E-state index in [1.54, 1.807) is 4.90 Å². The van der Waals surface area contributed by atoms with Gasteiger partial charge in [0.15, 0.2) is 0 Å². The van der Waals surface area contributed by atoms with E-state index in [4.69, 9.17) is 9.47 Å². The van der Waals surface area contributed by atoms with Crippen LogP contribution in [0.3, 0.4) is 0 Å². The van der Waals surface area contributed by atoms with E-state index in [1.165, 1.54) is 11.3 Å². The molecule has 0 saturated carbocycles. The monoisotopic (exact) mass is 334 g/mol. The number of fused-ring (bicyclic) bond motifs is 1. The summed E-state index contributed by atoms with van der Waals surface area (Å²) in [6.45, 7) is 6.83. The van der Waals surface area contributed by atoms with Crippen molar-refractivity contribution in [2.45, 2.75) is 45.3 Å². The van der Waals surface area contributed by atoms with Crippen molar-refractivity contribution in [2.75, 3.05) is 13.2 Å². The number of ether oxygens (including phenoxy) is 2. The second-order valence-electron chi connectivity index (χ2n) is 6.73. The van der Waals surface area contributed by atoms with Crippen LogP contribution in [0.5, 0.6) is 5.19 Å². The van der Waals surface area contributed by atoms with E-state index in [0.29, 0.717) is 11.8 Å². The van der Waals surface area contributed by atoms with Gasteiger partial charge in [-0.1, -0.05) is 23.5 Å². The topological polar surface area (TPSA) is 51.7 Å². The molecule has 0 N–H and O–H groups in total. The molecule has 0 aliphatic carbocycles. The number of amides is 1. The van der Waals surface area contributed by atoms with Gasteiger partial charge >= 0.3 is 6.09 Å². The van der Waals surface area contributed by atoms with E-state index < -0.39 is 5.60 Å². The van der Waals surface area contributed by atoms with Crippen molar-refractivity contribution in [3.63, 3.8) is 0 Å². The summed E-state index contributed by atoms with van der Waals surface area (Å²) in [4.78, 5) is 18.5. The van der Waals surface area contributed by atoms with Crippen molar-refractivity contribution in [3.8, 4) is 5.19 Å². The van der Waals surface area contributed by atoms with Crippen molar-refractivity contribution < 1.29 is 14.3 Å². The number of para-hydroxylation sites is 1. The maximum absolute atomic E-state index is 12.3. The SMILES string of the molecule is CC(C)(C)OC(=O)N1CCCC1COc1nc2ccccc2s1. The summed E-state index contributed by atoms with van der Waals surface area (Å²) in [6, 6.07) is 8.01. The van der Waals surface area contributed by atoms with Crippen molar-refractivity contribution >= 4 is 27.6 Å². The lowest BCUT2D eigenvalue weighted by Gasteiger charge is -2.28. The first-order chi connectivity index (χ1) is 10.9. The predicted molar refractivity (Wildman–Crippen MR) is 91.1 cm³/mol. The molecule has 1 fully saturated rings. The number of aromatic nitrogens is 1. The van der Waals surface area contributed by atoms with Crippen molar-refractivity contribution in [1.29, 1.82) is 0 Å². The second-order valence-corrected chi connectivity index (χ2v) is 7.72. The molecule has 1 saturated heterocycles. The molecule has 1 amide bonds. The number of carbonyl (C=O) groups is 1. The summed E-state index contributed by atoms with van der Waals surface area (Å²) >= 11 is 1.53. The minimum Gasteiger partial charge on any atom is -0.468 e. The molecule has 1 aliphatic rings. The lowest BCUT2D eigenvalue weighted by molar-refractivity contribution is 0.0187. The van der Waals surface area contributed by atoms with Gasteiger partial charge in [-0.15, -0.1) is 0 Å². The van der Waals surface area contributed by atoms with Crippen LogP contribution >= 0.6 is 11.3 Å². The molecule has 23 heavy (non-hydrogen) atoms. The van der Waals surface area contributed by atoms with Crippen LogP contribution in [-0.4, -0.2) is 40.8 Å². The van der Waals surface area contributed by atoms with Crippen LogP contribution in [0, 0.1) is 0 Å². The van der Waals surface area contributed by atoms with Crippen molar-refractivity contribution in [3.05, 3.63) is 24.3 Å². The maximum atomic E-state index is 12.3. The molecular weight excluding hydrogens is 312 g/mol. The van der Waals surface area contributed by atoms with E-state index in [2.05, 4.69) is 4.98 Å². The summed E-state index contributed by atoms with van der Waals surface area (Å²) in [6.07, 6.45) is 1.66. The molecule has 1 unspecified atom stereocenters. The highest BCUT2D eigenvalue weighted by Crippen LogP contribution is 2.28. The minimum atomic E-state index is -0.474. The average molecular weight is 334 g/mol. The van der Waals surface area contributed by atoms with Crippen molar-refractivity contribution in [1.82, 2.24) is 9.88 Å². The zero-order chi connectivity index (χ0) is 16.4. The molecule has 2 heterocycles. The molecule has 124 valence electrons. The van der Waals surface area contributed by atoms with Gasteiger partial charge in [0.05, 0.1) is 16.3 Å². The van der Waals surface area contributed by atoms with E-state index in [1.807, 2.05) is 45.0 Å². The van der Waals surface area contributed by atoms with Crippen LogP contribution in [0.4, 0.5) is 4.79 Å². The molecule has 1 atom stereocenters. The Balaban J connectivity index is 1.61. The van der Waals surface area contributed by atoms with E-state index in [0.717, 1.165) is 29.6 Å². The molecule has 1 aliphatic heterocycles. The third kappa shape index (κ3) is 3.93. The van der Waals surface area contributed by atoms with Gasteiger partial charge in [-0.3, -0.25) is 0 Å². The standard InChI is InChI=1S/C17H22N2O3S/c1-17(2,3)22-16(20)19-10-6-7-12(19)11-21-15-18-13-8-4-5-9-14(13)23-15/h4-5,8-9,12H,6-7,10-11H2,1-3H3. The van der Waals surface area contributed by atoms with Crippen LogP contribution in [0.25, 0.3) is 10.2 Å². The largest absolute Gasteiger partial charge is 0.468 e. The van der Waals surface area contributed by atoms with Gasteiger partial charge in [-0.25, -0.2) is 9.78 Å². The number of hydrogen-bond acceptors (Lipinski definition) is 5. The molecule has 1 aromatic heterocycles. The zero-order valence-electron chi connectivity index (χ0n) is 13.7. The minimum absolute atomic E-state index is 0.0527. The third-order valence-corrected chi connectivity index (χ3v) is 4.63. The third-order valence-electron chi connectivity index (χ3n) is 3.68. The number of rotatable bonds is 3. The Labute approximate surface area is 140 Å². The fourth-order valence-electron chi connectivity index (χ4n) is 2.65. The van der Waals surface area contributed by atoms with Gasteiger partial charge in [0, 0.05) is 6.54 Å². The molecular formula is C17H22N2O3S. The van der Waals surface area contributed by atoms with Gasteiger partial charge in [-0.05, 0) is 45.7 Å². The van der Waals surface area contributed by atoms with Gasteiger partial charge < -0.3 is 14.4 Å². The lowest BCUT2D eigenvalue weighted by Crippen LogP contribution is -2.42. The highest BCUT2D eigenvalue weighted by atomic mass is 32.1. The normalized spacial score (nSPS) is 18.4. The highest BCUT2D eigenvalue weighted by Gasteiger charge is 2.32. The summed E-state index contributed by atoms with van der Waals surface area (Å²) in [7, 11) is 0. The Morgan fingerprint density at radius 2 is 2.17 bits per heavy atom. The molecule has 0 spiro atoms. The molecule has 0 bridgehead atoms. The Kier molecular flexibility index (Phi) is 4.43. The quantitative estimate of drug-likeness (QED) is 0.849. The zero-order valence-corrected chi connectivity index (χ0v) is 14.6. The Hall–Kier alpha value is -1.82. The second kappa shape index (κ2) is 6.35. The molecule has 2 aromatic rings. The molecule has 3 rings (SSSR count). The van der Waals surface area contributed by atoms with Crippen LogP contribution in [0.2, 0.25) is 0 Å². The van der Waals surface area contributed by atoms with Crippen LogP contribution < -0.4 is 4.74 Å². The van der Waals surface area contributed by atoms with Crippen LogP contribution in [0.1, 0.15) is 33.6 Å². The number of hydrogen-bond donors (Lipinski definition) is 0. The molecule has 1 aromatic carbocycles. The van der Waals surface area contributed by atoms with E-state index >= 15 is 0 Å². The molecule has 5 nitrogen and oxygen atoms in total. The number of nitrogens with zero attached hydrogens (tertiary/aromatic N) is 2. The summed E-state index contributed by atoms with van der Waals surface area (Å²) in [5.41, 5.74) is 0.473. The molecule has 0 radical (unpaired) electrons. The summed E-state index contributed by atoms with van der Waals surface area (Å²) in [5, 5.41) is 0.655. The van der Waals surface area contributed by atoms with Crippen LogP contribution in [0.15, 0.2) is 24.3 Å². The predicted octanol–water partition coefficient (Wildman–Crippen LogP) is 4.07. The number of benzene rings is 1. The van der Waals surface area contributed by atoms with Crippen LogP contribution in [-0.2, 0) is 4.74 Å². The first kappa shape index (κ1) is 16.1. The fraction of sp³-hybridized carbons (Fsp3) is 0.529. The fourth-order valence-corrected chi connectivity index (χ4v) is 3.47. The lowest BCUT2D eigenvalue weighted by atomic mass is 10.2. The first-order valence-corrected chi connectivity index (χ1v) is 8.72. The summed E-state index contributed by atoms with van der Waals surface area (Å²) in [5.74, 6) is 0. The Morgan fingerprint density at radius 1 is 1.39 bits per heavy atom. The van der Waals surface area contributed by atoms with Gasteiger partial charge in [-0.2, -0.15) is 0 Å². The van der Waals surface area contributed by atoms with Gasteiger partial charge in [0.1, 0.15) is 12.2 Å². The van der Waals surface area contributed by atoms with E-state index in [9.17, 15) is 4.79 Å². The van der Waals surface area contributed by atoms with E-state index in [-0.39, 0.29) is 12.1 Å². The van der Waals surface area contributed by atoms with Gasteiger partial charge in [0.25, 0.3) is 5.19 Å². The molecule has 6 heteroatoms. The maximum Gasteiger partial charge on any atom is 0.410 e. The first-order valence-electron chi connectivity index (χ1n) is 7.90. The van der Waals surface area contributed by atoms with Crippen molar-refractivity contribution in [2.24, 2.45) is 0 Å². The number of carbonyl (C=O) groups excluding carboxylic acids is 1. The number of likely N-dealkylation sites (tertiary alicyclic amines) is 1. The average Bonchev–Trinajstić information content (AvgIpc) is 3.09.